The number of rotatable bonds is 2. The van der Waals surface area contributed by atoms with Crippen molar-refractivity contribution in [1.29, 1.82) is 0 Å². The number of nitrogens with one attached hydrogen (secondary N) is 1. The van der Waals surface area contributed by atoms with Gasteiger partial charge in [0, 0.05) is 5.38 Å². The molecule has 1 fully saturated rings. The van der Waals surface area contributed by atoms with Crippen LogP contribution in [0.3, 0.4) is 0 Å². The lowest BCUT2D eigenvalue weighted by atomic mass is 9.97. The number of alkyl halides is 1. The van der Waals surface area contributed by atoms with Gasteiger partial charge < -0.3 is 14.9 Å². The summed E-state index contributed by atoms with van der Waals surface area (Å²) >= 11 is 5.15. The number of nitrogens with zero attached hydrogens (tertiary/aromatic N) is 2. The number of aromatic nitrogens is 3. The summed E-state index contributed by atoms with van der Waals surface area (Å²) in [6, 6.07) is 0. The van der Waals surface area contributed by atoms with Crippen molar-refractivity contribution in [3.63, 3.8) is 0 Å². The SMILES string of the molecule is O=c1cnn([C@@H]2O[C@H](CO)C(O)[C@]2(F)C#CCl)c(=O)[nH]1. The molecular weight excluding hydrogens is 297 g/mol. The fourth-order valence-corrected chi connectivity index (χ4v) is 2.02. The minimum absolute atomic E-state index is 0.474. The molecule has 10 heteroatoms. The van der Waals surface area contributed by atoms with Gasteiger partial charge in [0.15, 0.2) is 0 Å². The Balaban J connectivity index is 2.55. The molecule has 2 rings (SSSR count). The van der Waals surface area contributed by atoms with E-state index in [9.17, 15) is 19.1 Å². The van der Waals surface area contributed by atoms with Gasteiger partial charge in [0.25, 0.3) is 5.56 Å². The maximum absolute atomic E-state index is 14.7. The van der Waals surface area contributed by atoms with E-state index in [0.29, 0.717) is 4.68 Å². The fourth-order valence-electron chi connectivity index (χ4n) is 1.87. The molecule has 4 atom stereocenters. The zero-order chi connectivity index (χ0) is 14.9. The van der Waals surface area contributed by atoms with E-state index >= 15 is 0 Å². The first-order valence-corrected chi connectivity index (χ1v) is 5.76. The highest BCUT2D eigenvalue weighted by Gasteiger charge is 2.58. The fraction of sp³-hybridized carbons (Fsp3) is 0.500. The molecule has 3 N–H and O–H groups in total. The van der Waals surface area contributed by atoms with E-state index in [0.717, 1.165) is 6.20 Å². The first kappa shape index (κ1) is 14.7. The Kier molecular flexibility index (Phi) is 3.92. The van der Waals surface area contributed by atoms with Crippen LogP contribution in [0.15, 0.2) is 15.8 Å². The van der Waals surface area contributed by atoms with Crippen molar-refractivity contribution >= 4 is 11.6 Å². The Morgan fingerprint density at radius 3 is 2.90 bits per heavy atom. The van der Waals surface area contributed by atoms with E-state index in [2.05, 4.69) is 5.10 Å². The van der Waals surface area contributed by atoms with Crippen LogP contribution in [0.2, 0.25) is 0 Å². The van der Waals surface area contributed by atoms with Crippen LogP contribution in [-0.4, -0.2) is 49.5 Å². The van der Waals surface area contributed by atoms with Gasteiger partial charge in [-0.2, -0.15) is 9.78 Å². The van der Waals surface area contributed by atoms with Crippen molar-refractivity contribution in [3.05, 3.63) is 27.0 Å². The minimum atomic E-state index is -2.76. The molecule has 1 aliphatic rings. The van der Waals surface area contributed by atoms with Crippen molar-refractivity contribution in [2.75, 3.05) is 6.61 Å². The Labute approximate surface area is 115 Å². The molecule has 0 aromatic carbocycles. The predicted molar refractivity (Wildman–Crippen MR) is 63.6 cm³/mol. The zero-order valence-electron chi connectivity index (χ0n) is 9.79. The second-order valence-corrected chi connectivity index (χ2v) is 4.21. The van der Waals surface area contributed by atoms with E-state index in [1.165, 1.54) is 0 Å². The van der Waals surface area contributed by atoms with Gasteiger partial charge in [-0.05, 0) is 17.5 Å². The number of halogens is 2. The zero-order valence-corrected chi connectivity index (χ0v) is 10.5. The van der Waals surface area contributed by atoms with E-state index in [1.807, 2.05) is 10.9 Å². The number of hydrogen-bond acceptors (Lipinski definition) is 6. The van der Waals surface area contributed by atoms with Crippen LogP contribution in [0, 0.1) is 11.3 Å². The summed E-state index contributed by atoms with van der Waals surface area (Å²) in [5.74, 6) is 1.90. The van der Waals surface area contributed by atoms with Gasteiger partial charge in [-0.1, -0.05) is 0 Å². The molecule has 0 spiro atoms. The van der Waals surface area contributed by atoms with Gasteiger partial charge in [-0.15, -0.1) is 0 Å². The number of aliphatic hydroxyl groups is 2. The largest absolute Gasteiger partial charge is 0.394 e. The molecular formula is C10H9ClFN3O5. The van der Waals surface area contributed by atoms with Crippen LogP contribution in [0.5, 0.6) is 0 Å². The molecule has 0 aliphatic carbocycles. The Morgan fingerprint density at radius 2 is 2.35 bits per heavy atom. The Hall–Kier alpha value is -1.73. The molecule has 0 saturated carbocycles. The third-order valence-corrected chi connectivity index (χ3v) is 2.92. The highest BCUT2D eigenvalue weighted by atomic mass is 35.5. The van der Waals surface area contributed by atoms with E-state index in [-0.39, 0.29) is 0 Å². The van der Waals surface area contributed by atoms with Crippen molar-refractivity contribution in [1.82, 2.24) is 14.8 Å². The molecule has 1 unspecified atom stereocenters. The topological polar surface area (TPSA) is 117 Å². The van der Waals surface area contributed by atoms with Crippen molar-refractivity contribution in [2.24, 2.45) is 0 Å². The van der Waals surface area contributed by atoms with E-state index < -0.39 is 42.0 Å². The summed E-state index contributed by atoms with van der Waals surface area (Å²) in [7, 11) is 0. The molecule has 0 radical (unpaired) electrons. The molecule has 20 heavy (non-hydrogen) atoms. The van der Waals surface area contributed by atoms with Gasteiger partial charge in [0.2, 0.25) is 11.9 Å². The lowest BCUT2D eigenvalue weighted by Gasteiger charge is -2.22. The monoisotopic (exact) mass is 305 g/mol. The Bertz CT molecular complexity index is 680. The van der Waals surface area contributed by atoms with Gasteiger partial charge in [0.05, 0.1) is 6.61 Å². The summed E-state index contributed by atoms with van der Waals surface area (Å²) in [4.78, 5) is 24.4. The van der Waals surface area contributed by atoms with Crippen LogP contribution >= 0.6 is 11.6 Å². The number of ether oxygens (including phenoxy) is 1. The number of aliphatic hydroxyl groups excluding tert-OH is 2. The van der Waals surface area contributed by atoms with Gasteiger partial charge in [-0.25, -0.2) is 9.18 Å². The average molecular weight is 306 g/mol. The molecule has 0 bridgehead atoms. The normalized spacial score (nSPS) is 32.7. The maximum atomic E-state index is 14.7. The van der Waals surface area contributed by atoms with Gasteiger partial charge in [-0.3, -0.25) is 9.78 Å². The molecule has 8 nitrogen and oxygen atoms in total. The lowest BCUT2D eigenvalue weighted by Crippen LogP contribution is -2.46. The third-order valence-electron chi connectivity index (χ3n) is 2.82. The molecule has 1 aromatic rings. The quantitative estimate of drug-likeness (QED) is 0.549. The Morgan fingerprint density at radius 1 is 1.65 bits per heavy atom. The van der Waals surface area contributed by atoms with Crippen LogP contribution in [0.25, 0.3) is 0 Å². The van der Waals surface area contributed by atoms with Crippen molar-refractivity contribution in [2.45, 2.75) is 24.1 Å². The van der Waals surface area contributed by atoms with Crippen molar-refractivity contribution in [3.8, 4) is 11.3 Å². The molecule has 1 saturated heterocycles. The highest BCUT2D eigenvalue weighted by molar-refractivity contribution is 6.30. The van der Waals surface area contributed by atoms with Crippen LogP contribution in [-0.2, 0) is 4.74 Å². The van der Waals surface area contributed by atoms with Crippen LogP contribution in [0.1, 0.15) is 6.23 Å². The number of hydrogen-bond donors (Lipinski definition) is 3. The minimum Gasteiger partial charge on any atom is -0.394 e. The summed E-state index contributed by atoms with van der Waals surface area (Å²) < 4.78 is 20.3. The first-order chi connectivity index (χ1) is 9.43. The summed E-state index contributed by atoms with van der Waals surface area (Å²) in [6.07, 6.45) is -4.18. The second-order valence-electron chi connectivity index (χ2n) is 4.03. The summed E-state index contributed by atoms with van der Waals surface area (Å²) in [5, 5.41) is 24.0. The smallest absolute Gasteiger partial charge is 0.347 e. The third kappa shape index (κ3) is 2.23. The molecule has 1 aliphatic heterocycles. The highest BCUT2D eigenvalue weighted by Crippen LogP contribution is 2.40. The standard InChI is InChI=1S/C10H9ClFN3O5/c11-2-1-10(12)7(18)5(4-16)20-8(10)15-9(19)14-6(17)3-13-15/h3,5,7-8,16,18H,4H2,(H,14,17,19)/t5-,7?,8-,10-/m1/s1. The summed E-state index contributed by atoms with van der Waals surface area (Å²) in [6.45, 7) is -0.703. The summed E-state index contributed by atoms with van der Waals surface area (Å²) in [5.41, 5.74) is -4.59. The first-order valence-electron chi connectivity index (χ1n) is 5.38. The van der Waals surface area contributed by atoms with Crippen LogP contribution < -0.4 is 11.2 Å². The average Bonchev–Trinajstić information content (AvgIpc) is 2.63. The molecule has 2 heterocycles. The second kappa shape index (κ2) is 5.34. The number of aromatic amines is 1. The molecule has 108 valence electrons. The number of H-pyrrole nitrogens is 1. The maximum Gasteiger partial charge on any atom is 0.347 e. The molecule has 1 aromatic heterocycles. The van der Waals surface area contributed by atoms with E-state index in [1.54, 1.807) is 5.38 Å². The van der Waals surface area contributed by atoms with Crippen molar-refractivity contribution < 1.29 is 19.3 Å². The van der Waals surface area contributed by atoms with Gasteiger partial charge in [0.1, 0.15) is 18.4 Å². The van der Waals surface area contributed by atoms with E-state index in [4.69, 9.17) is 21.4 Å². The van der Waals surface area contributed by atoms with Gasteiger partial charge >= 0.3 is 5.69 Å². The lowest BCUT2D eigenvalue weighted by molar-refractivity contribution is -0.0611. The predicted octanol–water partition coefficient (Wildman–Crippen LogP) is -1.91. The molecule has 0 amide bonds. The van der Waals surface area contributed by atoms with Crippen LogP contribution in [0.4, 0.5) is 4.39 Å².